The van der Waals surface area contributed by atoms with E-state index in [-0.39, 0.29) is 18.4 Å². The first-order chi connectivity index (χ1) is 11.1. The van der Waals surface area contributed by atoms with Crippen LogP contribution in [0, 0.1) is 0 Å². The van der Waals surface area contributed by atoms with Crippen molar-refractivity contribution in [3.63, 3.8) is 0 Å². The minimum absolute atomic E-state index is 0.171. The molecule has 1 aromatic heterocycles. The molecule has 6 nitrogen and oxygen atoms in total. The van der Waals surface area contributed by atoms with Crippen LogP contribution in [0.25, 0.3) is 0 Å². The lowest BCUT2D eigenvalue weighted by molar-refractivity contribution is 0.243. The number of hydrogen-bond acceptors (Lipinski definition) is 5. The van der Waals surface area contributed by atoms with Crippen LogP contribution < -0.4 is 0 Å². The number of hydrogen-bond donors (Lipinski definition) is 0. The summed E-state index contributed by atoms with van der Waals surface area (Å²) in [6.07, 6.45) is 9.74. The average Bonchev–Trinajstić information content (AvgIpc) is 2.73. The molecule has 1 aliphatic heterocycles. The van der Waals surface area contributed by atoms with Gasteiger partial charge in [0.05, 0.1) is 0 Å². The van der Waals surface area contributed by atoms with Crippen LogP contribution in [0.15, 0.2) is 4.52 Å². The second kappa shape index (κ2) is 7.25. The van der Waals surface area contributed by atoms with E-state index < -0.39 is 16.5 Å². The van der Waals surface area contributed by atoms with E-state index in [2.05, 4.69) is 10.1 Å². The highest BCUT2D eigenvalue weighted by Gasteiger charge is 2.36. The van der Waals surface area contributed by atoms with E-state index in [1.165, 1.54) is 12.8 Å². The molecule has 0 spiro atoms. The van der Waals surface area contributed by atoms with Crippen molar-refractivity contribution in [1.29, 1.82) is 0 Å². The van der Waals surface area contributed by atoms with Gasteiger partial charge in [0.1, 0.15) is 6.04 Å². The van der Waals surface area contributed by atoms with Crippen molar-refractivity contribution < 1.29 is 16.8 Å². The molecule has 2 aliphatic rings. The molecular weight excluding hydrogens is 321 g/mol. The van der Waals surface area contributed by atoms with Gasteiger partial charge < -0.3 is 4.52 Å². The molecule has 1 saturated carbocycles. The standard InChI is InChI=1S/C15H24FN3O3S/c16-23(20,21)19-11-7-3-6-10-13(19)15-17-14(18-22-15)12-8-4-1-2-5-9-12/h12-13H,1-11H2. The van der Waals surface area contributed by atoms with Gasteiger partial charge in [-0.1, -0.05) is 47.6 Å². The fourth-order valence-electron chi connectivity index (χ4n) is 3.68. The van der Waals surface area contributed by atoms with E-state index in [0.29, 0.717) is 18.7 Å². The number of aromatic nitrogens is 2. The molecule has 130 valence electrons. The topological polar surface area (TPSA) is 76.3 Å². The van der Waals surface area contributed by atoms with E-state index in [0.717, 1.165) is 42.8 Å². The summed E-state index contributed by atoms with van der Waals surface area (Å²) in [4.78, 5) is 4.45. The zero-order chi connectivity index (χ0) is 16.3. The highest BCUT2D eigenvalue weighted by atomic mass is 32.3. The highest BCUT2D eigenvalue weighted by molar-refractivity contribution is 7.83. The third-order valence-corrected chi connectivity index (χ3v) is 5.94. The van der Waals surface area contributed by atoms with Gasteiger partial charge in [-0.05, 0) is 25.7 Å². The summed E-state index contributed by atoms with van der Waals surface area (Å²) in [5.41, 5.74) is 0. The van der Waals surface area contributed by atoms with Crippen LogP contribution in [0.1, 0.15) is 87.9 Å². The van der Waals surface area contributed by atoms with Crippen molar-refractivity contribution in [2.75, 3.05) is 6.54 Å². The number of halogens is 1. The molecule has 1 aromatic rings. The van der Waals surface area contributed by atoms with Crippen LogP contribution in [0.5, 0.6) is 0 Å². The fraction of sp³-hybridized carbons (Fsp3) is 0.867. The summed E-state index contributed by atoms with van der Waals surface area (Å²) in [6, 6.07) is -0.667. The zero-order valence-corrected chi connectivity index (χ0v) is 14.1. The Morgan fingerprint density at radius 3 is 2.35 bits per heavy atom. The van der Waals surface area contributed by atoms with Crippen LogP contribution in [0.4, 0.5) is 3.89 Å². The molecule has 23 heavy (non-hydrogen) atoms. The molecule has 2 heterocycles. The second-order valence-electron chi connectivity index (χ2n) is 6.60. The Morgan fingerprint density at radius 2 is 1.65 bits per heavy atom. The molecule has 3 rings (SSSR count). The summed E-state index contributed by atoms with van der Waals surface area (Å²) >= 11 is 0. The maximum atomic E-state index is 13.6. The zero-order valence-electron chi connectivity index (χ0n) is 13.3. The average molecular weight is 345 g/mol. The quantitative estimate of drug-likeness (QED) is 0.617. The summed E-state index contributed by atoms with van der Waals surface area (Å²) in [5.74, 6) is 1.17. The SMILES string of the molecule is O=S(=O)(F)N1CCCCCC1c1nc(C2CCCCCC2)no1. The lowest BCUT2D eigenvalue weighted by atomic mass is 10.00. The predicted octanol–water partition coefficient (Wildman–Crippen LogP) is 3.64. The van der Waals surface area contributed by atoms with E-state index in [1.807, 2.05) is 0 Å². The minimum atomic E-state index is -4.76. The molecular formula is C15H24FN3O3S. The third kappa shape index (κ3) is 4.09. The van der Waals surface area contributed by atoms with E-state index in [4.69, 9.17) is 4.52 Å². The Morgan fingerprint density at radius 1 is 1.00 bits per heavy atom. The summed E-state index contributed by atoms with van der Waals surface area (Å²) < 4.78 is 42.7. The van der Waals surface area contributed by atoms with Gasteiger partial charge in [0.15, 0.2) is 5.82 Å². The Hall–Kier alpha value is -1.02. The van der Waals surface area contributed by atoms with Gasteiger partial charge in [-0.3, -0.25) is 0 Å². The van der Waals surface area contributed by atoms with Crippen molar-refractivity contribution in [2.24, 2.45) is 0 Å². The van der Waals surface area contributed by atoms with Crippen molar-refractivity contribution in [1.82, 2.24) is 14.4 Å². The van der Waals surface area contributed by atoms with Crippen molar-refractivity contribution >= 4 is 10.4 Å². The Balaban J connectivity index is 1.81. The summed E-state index contributed by atoms with van der Waals surface area (Å²) in [7, 11) is -4.76. The minimum Gasteiger partial charge on any atom is -0.338 e. The molecule has 1 unspecified atom stereocenters. The lowest BCUT2D eigenvalue weighted by Crippen LogP contribution is -2.32. The van der Waals surface area contributed by atoms with Crippen LogP contribution >= 0.6 is 0 Å². The Bertz CT molecular complexity index is 611. The van der Waals surface area contributed by atoms with Crippen LogP contribution in [-0.2, 0) is 10.4 Å². The van der Waals surface area contributed by atoms with Crippen LogP contribution in [0.2, 0.25) is 0 Å². The molecule has 2 fully saturated rings. The molecule has 0 N–H and O–H groups in total. The van der Waals surface area contributed by atoms with Gasteiger partial charge in [-0.15, -0.1) is 0 Å². The molecule has 0 radical (unpaired) electrons. The molecule has 8 heteroatoms. The van der Waals surface area contributed by atoms with Gasteiger partial charge in [0, 0.05) is 12.5 Å². The first-order valence-corrected chi connectivity index (χ1v) is 9.94. The molecule has 0 aromatic carbocycles. The lowest BCUT2D eigenvalue weighted by Gasteiger charge is -2.21. The number of nitrogens with zero attached hydrogens (tertiary/aromatic N) is 3. The first kappa shape index (κ1) is 16.8. The Kier molecular flexibility index (Phi) is 5.31. The largest absolute Gasteiger partial charge is 0.375 e. The highest BCUT2D eigenvalue weighted by Crippen LogP contribution is 2.34. The molecule has 0 amide bonds. The maximum absolute atomic E-state index is 13.6. The van der Waals surface area contributed by atoms with Crippen LogP contribution in [-0.4, -0.2) is 29.4 Å². The smallest absolute Gasteiger partial charge is 0.338 e. The van der Waals surface area contributed by atoms with Gasteiger partial charge >= 0.3 is 10.4 Å². The predicted molar refractivity (Wildman–Crippen MR) is 82.7 cm³/mol. The summed E-state index contributed by atoms with van der Waals surface area (Å²) in [5, 5.41) is 4.07. The van der Waals surface area contributed by atoms with Crippen molar-refractivity contribution in [3.05, 3.63) is 11.7 Å². The number of rotatable bonds is 3. The fourth-order valence-corrected chi connectivity index (χ4v) is 4.52. The van der Waals surface area contributed by atoms with E-state index in [9.17, 15) is 12.3 Å². The van der Waals surface area contributed by atoms with Gasteiger partial charge in [-0.25, -0.2) is 0 Å². The van der Waals surface area contributed by atoms with Crippen molar-refractivity contribution in [3.8, 4) is 0 Å². The van der Waals surface area contributed by atoms with E-state index in [1.54, 1.807) is 0 Å². The van der Waals surface area contributed by atoms with Crippen LogP contribution in [0.3, 0.4) is 0 Å². The van der Waals surface area contributed by atoms with Gasteiger partial charge in [0.25, 0.3) is 0 Å². The van der Waals surface area contributed by atoms with Gasteiger partial charge in [0.2, 0.25) is 5.89 Å². The molecule has 1 aliphatic carbocycles. The van der Waals surface area contributed by atoms with Gasteiger partial charge in [-0.2, -0.15) is 17.7 Å². The Labute approximate surface area is 136 Å². The first-order valence-electron chi connectivity index (χ1n) is 8.60. The van der Waals surface area contributed by atoms with E-state index >= 15 is 0 Å². The molecule has 0 bridgehead atoms. The normalized spacial score (nSPS) is 25.9. The second-order valence-corrected chi connectivity index (χ2v) is 7.89. The third-order valence-electron chi connectivity index (χ3n) is 4.95. The monoisotopic (exact) mass is 345 g/mol. The summed E-state index contributed by atoms with van der Waals surface area (Å²) in [6.45, 7) is 0.171. The molecule has 1 atom stereocenters. The molecule has 1 saturated heterocycles. The maximum Gasteiger partial charge on any atom is 0.375 e. The van der Waals surface area contributed by atoms with Crippen molar-refractivity contribution in [2.45, 2.75) is 76.2 Å².